The van der Waals surface area contributed by atoms with Gasteiger partial charge in [-0.2, -0.15) is 0 Å². The summed E-state index contributed by atoms with van der Waals surface area (Å²) in [7, 11) is 4.14. The number of aromatic hydroxyl groups is 2. The minimum absolute atomic E-state index is 0.0613. The zero-order chi connectivity index (χ0) is 18.1. The second-order valence-corrected chi connectivity index (χ2v) is 7.39. The van der Waals surface area contributed by atoms with Gasteiger partial charge in [-0.15, -0.1) is 0 Å². The van der Waals surface area contributed by atoms with E-state index in [2.05, 4.69) is 48.6 Å². The Hall–Kier alpha value is -2.04. The predicted octanol–water partition coefficient (Wildman–Crippen LogP) is 3.69. The highest BCUT2D eigenvalue weighted by Crippen LogP contribution is 2.35. The Balaban J connectivity index is 1.76. The van der Waals surface area contributed by atoms with Gasteiger partial charge in [0.15, 0.2) is 0 Å². The first-order chi connectivity index (χ1) is 11.8. The Morgan fingerprint density at radius 3 is 2.44 bits per heavy atom. The Morgan fingerprint density at radius 1 is 1.04 bits per heavy atom. The zero-order valence-electron chi connectivity index (χ0n) is 15.4. The molecule has 4 nitrogen and oxygen atoms in total. The van der Waals surface area contributed by atoms with Crippen LogP contribution in [-0.2, 0) is 19.6 Å². The molecule has 0 bridgehead atoms. The molecule has 0 fully saturated rings. The summed E-state index contributed by atoms with van der Waals surface area (Å²) in [6.45, 7) is 9.84. The van der Waals surface area contributed by atoms with Gasteiger partial charge in [-0.05, 0) is 48.3 Å². The lowest BCUT2D eigenvalue weighted by Crippen LogP contribution is -2.13. The first kappa shape index (κ1) is 17.8. The van der Waals surface area contributed by atoms with E-state index in [4.69, 9.17) is 0 Å². The van der Waals surface area contributed by atoms with Crippen LogP contribution in [0.2, 0.25) is 0 Å². The van der Waals surface area contributed by atoms with Gasteiger partial charge in [-0.3, -0.25) is 4.90 Å². The summed E-state index contributed by atoms with van der Waals surface area (Å²) in [5.74, 6) is 0.382. The van der Waals surface area contributed by atoms with Gasteiger partial charge in [0, 0.05) is 31.3 Å². The number of benzene rings is 2. The maximum atomic E-state index is 10.2. The monoisotopic (exact) mass is 338 g/mol. The minimum Gasteiger partial charge on any atom is -0.508 e. The van der Waals surface area contributed by atoms with Gasteiger partial charge in [-0.1, -0.05) is 32.0 Å². The molecular formula is C21H26N2O2. The molecule has 0 saturated carbocycles. The summed E-state index contributed by atoms with van der Waals surface area (Å²) >= 11 is 0. The van der Waals surface area contributed by atoms with E-state index < -0.39 is 0 Å². The molecule has 25 heavy (non-hydrogen) atoms. The van der Waals surface area contributed by atoms with Crippen LogP contribution in [0.25, 0.3) is 0 Å². The first-order valence-electron chi connectivity index (χ1n) is 8.66. The summed E-state index contributed by atoms with van der Waals surface area (Å²) in [6.07, 6.45) is 0. The zero-order valence-corrected chi connectivity index (χ0v) is 15.4. The Morgan fingerprint density at radius 2 is 1.76 bits per heavy atom. The molecule has 132 valence electrons. The van der Waals surface area contributed by atoms with Crippen molar-refractivity contribution in [3.05, 3.63) is 64.7 Å². The molecule has 3 rings (SSSR count). The predicted molar refractivity (Wildman–Crippen MR) is 99.3 cm³/mol. The van der Waals surface area contributed by atoms with Crippen molar-refractivity contribution in [3.8, 4) is 11.5 Å². The summed E-state index contributed by atoms with van der Waals surface area (Å²) in [5, 5.41) is 20.1. The number of nitrogens with zero attached hydrogens (tertiary/aromatic N) is 2. The third kappa shape index (κ3) is 3.97. The van der Waals surface area contributed by atoms with Crippen LogP contribution in [0.15, 0.2) is 30.3 Å². The molecule has 0 saturated heterocycles. The molecule has 2 radical (unpaired) electrons. The summed E-state index contributed by atoms with van der Waals surface area (Å²) < 4.78 is 0. The molecule has 1 aliphatic rings. The van der Waals surface area contributed by atoms with Crippen LogP contribution in [0.1, 0.15) is 47.6 Å². The van der Waals surface area contributed by atoms with E-state index in [1.165, 1.54) is 22.8 Å². The number of phenolic OH excluding ortho intramolecular Hbond substituents is 2. The van der Waals surface area contributed by atoms with E-state index in [1.807, 2.05) is 19.9 Å². The van der Waals surface area contributed by atoms with Crippen LogP contribution in [0.4, 0.5) is 0 Å². The molecule has 0 amide bonds. The van der Waals surface area contributed by atoms with Crippen molar-refractivity contribution in [2.75, 3.05) is 14.1 Å². The topological polar surface area (TPSA) is 46.9 Å². The van der Waals surface area contributed by atoms with Gasteiger partial charge in [0.2, 0.25) is 0 Å². The van der Waals surface area contributed by atoms with Gasteiger partial charge < -0.3 is 15.1 Å². The van der Waals surface area contributed by atoms with Crippen molar-refractivity contribution in [1.29, 1.82) is 0 Å². The van der Waals surface area contributed by atoms with E-state index in [-0.39, 0.29) is 17.4 Å². The average molecular weight is 338 g/mol. The summed E-state index contributed by atoms with van der Waals surface area (Å²) in [4.78, 5) is 4.24. The molecule has 0 aliphatic carbocycles. The van der Waals surface area contributed by atoms with E-state index in [0.29, 0.717) is 5.56 Å². The van der Waals surface area contributed by atoms with Crippen molar-refractivity contribution >= 4 is 0 Å². The van der Waals surface area contributed by atoms with Crippen molar-refractivity contribution in [2.24, 2.45) is 0 Å². The fourth-order valence-corrected chi connectivity index (χ4v) is 3.31. The molecule has 0 atom stereocenters. The smallest absolute Gasteiger partial charge is 0.124 e. The van der Waals surface area contributed by atoms with Crippen LogP contribution >= 0.6 is 0 Å². The lowest BCUT2D eigenvalue weighted by Gasteiger charge is -2.17. The molecule has 2 aromatic rings. The molecule has 0 unspecified atom stereocenters. The van der Waals surface area contributed by atoms with E-state index in [1.54, 1.807) is 0 Å². The van der Waals surface area contributed by atoms with Crippen LogP contribution in [-0.4, -0.2) is 34.1 Å². The standard InChI is InChI=1S/C21H26N2O2/c1-14(2)19-8-18(20(24)9-21(19)25)13-23-11-16-6-5-15(10-22(3)4)7-17(16)12-23/h5-9,14,24-25H,10-12H2,1-4H3. The molecule has 4 heteroatoms. The van der Waals surface area contributed by atoms with Crippen LogP contribution in [0, 0.1) is 6.54 Å². The molecule has 0 spiro atoms. The molecule has 0 aromatic heterocycles. The second-order valence-electron chi connectivity index (χ2n) is 7.39. The number of hydrogen-bond acceptors (Lipinski definition) is 4. The minimum atomic E-state index is 0.0613. The lowest BCUT2D eigenvalue weighted by molar-refractivity contribution is 0.357. The Kier molecular flexibility index (Phi) is 5.02. The molecule has 1 aliphatic heterocycles. The Bertz CT molecular complexity index is 769. The van der Waals surface area contributed by atoms with Crippen LogP contribution in [0.5, 0.6) is 11.5 Å². The van der Waals surface area contributed by atoms with Crippen LogP contribution < -0.4 is 0 Å². The van der Waals surface area contributed by atoms with Gasteiger partial charge in [0.25, 0.3) is 0 Å². The van der Waals surface area contributed by atoms with Gasteiger partial charge >= 0.3 is 0 Å². The van der Waals surface area contributed by atoms with E-state index in [9.17, 15) is 10.2 Å². The quantitative estimate of drug-likeness (QED) is 0.873. The highest BCUT2D eigenvalue weighted by Gasteiger charge is 2.22. The lowest BCUT2D eigenvalue weighted by atomic mass is 9.98. The normalized spacial score (nSPS) is 14.5. The van der Waals surface area contributed by atoms with Crippen LogP contribution in [0.3, 0.4) is 0 Å². The van der Waals surface area contributed by atoms with E-state index >= 15 is 0 Å². The fourth-order valence-electron chi connectivity index (χ4n) is 3.31. The fraction of sp³-hybridized carbons (Fsp3) is 0.381. The third-order valence-corrected chi connectivity index (χ3v) is 4.54. The number of hydrogen-bond donors (Lipinski definition) is 2. The molecule has 1 heterocycles. The molecule has 2 aromatic carbocycles. The van der Waals surface area contributed by atoms with Crippen molar-refractivity contribution < 1.29 is 10.2 Å². The van der Waals surface area contributed by atoms with Crippen molar-refractivity contribution in [3.63, 3.8) is 0 Å². The maximum absolute atomic E-state index is 10.2. The molecule has 2 N–H and O–H groups in total. The van der Waals surface area contributed by atoms with Crippen molar-refractivity contribution in [2.45, 2.75) is 39.4 Å². The van der Waals surface area contributed by atoms with Gasteiger partial charge in [-0.25, -0.2) is 0 Å². The highest BCUT2D eigenvalue weighted by molar-refractivity contribution is 5.49. The Labute approximate surface area is 150 Å². The van der Waals surface area contributed by atoms with E-state index in [0.717, 1.165) is 25.2 Å². The third-order valence-electron chi connectivity index (χ3n) is 4.54. The number of fused-ring (bicyclic) bond motifs is 1. The largest absolute Gasteiger partial charge is 0.508 e. The summed E-state index contributed by atoms with van der Waals surface area (Å²) in [6, 6.07) is 9.86. The number of phenols is 2. The SMILES string of the molecule is CC(C)c1cc([C]N2Cc3ccc(CN(C)C)cc3C2)c(O)cc1O. The van der Waals surface area contributed by atoms with Gasteiger partial charge in [0.05, 0.1) is 0 Å². The highest BCUT2D eigenvalue weighted by atomic mass is 16.3. The maximum Gasteiger partial charge on any atom is 0.124 e. The summed E-state index contributed by atoms with van der Waals surface area (Å²) in [5.41, 5.74) is 5.37. The second kappa shape index (κ2) is 7.06. The number of rotatable bonds is 5. The van der Waals surface area contributed by atoms with Gasteiger partial charge in [0.1, 0.15) is 18.0 Å². The average Bonchev–Trinajstić information content (AvgIpc) is 2.90. The van der Waals surface area contributed by atoms with Crippen molar-refractivity contribution in [1.82, 2.24) is 9.80 Å². The first-order valence-corrected chi connectivity index (χ1v) is 8.66. The molecular weight excluding hydrogens is 312 g/mol.